The van der Waals surface area contributed by atoms with Crippen molar-refractivity contribution < 1.29 is 19.5 Å². The van der Waals surface area contributed by atoms with Gasteiger partial charge in [-0.3, -0.25) is 9.59 Å². The summed E-state index contributed by atoms with van der Waals surface area (Å²) >= 11 is 0. The number of carbonyl (C=O) groups is 3. The summed E-state index contributed by atoms with van der Waals surface area (Å²) in [5, 5.41) is 14.4. The molecule has 3 amide bonds. The second-order valence-electron chi connectivity index (χ2n) is 6.30. The minimum absolute atomic E-state index is 0.0984. The Labute approximate surface area is 158 Å². The van der Waals surface area contributed by atoms with Crippen molar-refractivity contribution in [3.05, 3.63) is 65.7 Å². The number of carboxylic acids is 1. The maximum atomic E-state index is 12.2. The smallest absolute Gasteiger partial charge is 0.321 e. The van der Waals surface area contributed by atoms with Crippen LogP contribution >= 0.6 is 0 Å². The fourth-order valence-electron chi connectivity index (χ4n) is 2.38. The van der Waals surface area contributed by atoms with Gasteiger partial charge in [0.05, 0.1) is 5.92 Å². The van der Waals surface area contributed by atoms with Gasteiger partial charge < -0.3 is 20.6 Å². The molecule has 7 heteroatoms. The van der Waals surface area contributed by atoms with Gasteiger partial charge in [0, 0.05) is 31.4 Å². The average Bonchev–Trinajstić information content (AvgIpc) is 2.67. The molecule has 1 unspecified atom stereocenters. The molecule has 2 aromatic rings. The zero-order chi connectivity index (χ0) is 19.8. The van der Waals surface area contributed by atoms with Gasteiger partial charge in [-0.25, -0.2) is 4.79 Å². The molecule has 0 aromatic heterocycles. The zero-order valence-electron chi connectivity index (χ0n) is 15.3. The highest BCUT2D eigenvalue weighted by Gasteiger charge is 2.17. The van der Waals surface area contributed by atoms with E-state index >= 15 is 0 Å². The summed E-state index contributed by atoms with van der Waals surface area (Å²) in [4.78, 5) is 36.4. The molecule has 3 N–H and O–H groups in total. The normalized spacial score (nSPS) is 11.3. The number of nitrogens with zero attached hydrogens (tertiary/aromatic N) is 1. The molecule has 2 rings (SSSR count). The first-order valence-corrected chi connectivity index (χ1v) is 8.54. The number of hydrogen-bond acceptors (Lipinski definition) is 3. The van der Waals surface area contributed by atoms with Gasteiger partial charge in [-0.1, -0.05) is 37.3 Å². The monoisotopic (exact) mass is 369 g/mol. The largest absolute Gasteiger partial charge is 0.481 e. The number of rotatable bonds is 7. The molecule has 0 heterocycles. The Morgan fingerprint density at radius 1 is 1.04 bits per heavy atom. The van der Waals surface area contributed by atoms with Crippen molar-refractivity contribution in [1.82, 2.24) is 10.2 Å². The molecule has 1 atom stereocenters. The summed E-state index contributed by atoms with van der Waals surface area (Å²) in [6, 6.07) is 15.7. The zero-order valence-corrected chi connectivity index (χ0v) is 15.3. The Bertz CT molecular complexity index is 791. The van der Waals surface area contributed by atoms with Crippen LogP contribution in [0.15, 0.2) is 54.6 Å². The maximum Gasteiger partial charge on any atom is 0.321 e. The summed E-state index contributed by atoms with van der Waals surface area (Å²) < 4.78 is 0. The topological polar surface area (TPSA) is 98.7 Å². The number of nitrogens with one attached hydrogen (secondary N) is 2. The van der Waals surface area contributed by atoms with Gasteiger partial charge in [0.25, 0.3) is 5.91 Å². The Hall–Kier alpha value is -3.35. The molecule has 0 spiro atoms. The van der Waals surface area contributed by atoms with Gasteiger partial charge in [0.1, 0.15) is 0 Å². The number of carboxylic acid groups (broad SMARTS) is 1. The van der Waals surface area contributed by atoms with Gasteiger partial charge >= 0.3 is 12.0 Å². The van der Waals surface area contributed by atoms with Crippen molar-refractivity contribution in [2.45, 2.75) is 13.5 Å². The van der Waals surface area contributed by atoms with Gasteiger partial charge in [-0.05, 0) is 29.8 Å². The standard InChI is InChI=1S/C20H23N3O4/c1-14(19(25)26)13-23(2)20(27)22-17-10-8-16(9-11-17)18(24)21-12-15-6-4-3-5-7-15/h3-11,14H,12-13H2,1-2H3,(H,21,24)(H,22,27)(H,25,26). The van der Waals surface area contributed by atoms with E-state index in [2.05, 4.69) is 10.6 Å². The van der Waals surface area contributed by atoms with Crippen LogP contribution in [0.25, 0.3) is 0 Å². The summed E-state index contributed by atoms with van der Waals surface area (Å²) in [7, 11) is 1.53. The van der Waals surface area contributed by atoms with Crippen LogP contribution in [-0.4, -0.2) is 41.5 Å². The number of aliphatic carboxylic acids is 1. The van der Waals surface area contributed by atoms with Crippen molar-refractivity contribution in [2.75, 3.05) is 18.9 Å². The lowest BCUT2D eigenvalue weighted by Crippen LogP contribution is -2.36. The van der Waals surface area contributed by atoms with E-state index in [1.54, 1.807) is 24.3 Å². The SMILES string of the molecule is CC(CN(C)C(=O)Nc1ccc(C(=O)NCc2ccccc2)cc1)C(=O)O. The van der Waals surface area contributed by atoms with Crippen molar-refractivity contribution in [3.63, 3.8) is 0 Å². The Balaban J connectivity index is 1.87. The predicted octanol–water partition coefficient (Wildman–Crippen LogP) is 2.80. The van der Waals surface area contributed by atoms with E-state index in [0.29, 0.717) is 17.8 Å². The molecule has 7 nitrogen and oxygen atoms in total. The van der Waals surface area contributed by atoms with Crippen LogP contribution in [0.2, 0.25) is 0 Å². The van der Waals surface area contributed by atoms with E-state index in [4.69, 9.17) is 5.11 Å². The first-order valence-electron chi connectivity index (χ1n) is 8.54. The lowest BCUT2D eigenvalue weighted by Gasteiger charge is -2.20. The minimum Gasteiger partial charge on any atom is -0.481 e. The number of hydrogen-bond donors (Lipinski definition) is 3. The van der Waals surface area contributed by atoms with Crippen LogP contribution in [0, 0.1) is 5.92 Å². The quantitative estimate of drug-likeness (QED) is 0.699. The fraction of sp³-hybridized carbons (Fsp3) is 0.250. The Morgan fingerprint density at radius 3 is 2.26 bits per heavy atom. The number of amides is 3. The number of carbonyl (C=O) groups excluding carboxylic acids is 2. The molecule has 0 saturated carbocycles. The van der Waals surface area contributed by atoms with Crippen molar-refractivity contribution >= 4 is 23.6 Å². The van der Waals surface area contributed by atoms with Crippen LogP contribution in [0.1, 0.15) is 22.8 Å². The lowest BCUT2D eigenvalue weighted by atomic mass is 10.1. The highest BCUT2D eigenvalue weighted by Crippen LogP contribution is 2.11. The number of anilines is 1. The Morgan fingerprint density at radius 2 is 1.67 bits per heavy atom. The van der Waals surface area contributed by atoms with Crippen LogP contribution in [-0.2, 0) is 11.3 Å². The van der Waals surface area contributed by atoms with Gasteiger partial charge in [-0.15, -0.1) is 0 Å². The molecule has 0 aliphatic rings. The summed E-state index contributed by atoms with van der Waals surface area (Å²) in [6.45, 7) is 2.07. The molecule has 0 aliphatic heterocycles. The molecule has 0 saturated heterocycles. The van der Waals surface area contributed by atoms with Crippen LogP contribution < -0.4 is 10.6 Å². The van der Waals surface area contributed by atoms with E-state index in [1.807, 2.05) is 30.3 Å². The second kappa shape index (κ2) is 9.38. The molecule has 0 radical (unpaired) electrons. The lowest BCUT2D eigenvalue weighted by molar-refractivity contribution is -0.141. The summed E-state index contributed by atoms with van der Waals surface area (Å²) in [6.07, 6.45) is 0. The van der Waals surface area contributed by atoms with E-state index in [1.165, 1.54) is 18.9 Å². The number of urea groups is 1. The van der Waals surface area contributed by atoms with Crippen molar-refractivity contribution in [2.24, 2.45) is 5.92 Å². The van der Waals surface area contributed by atoms with E-state index in [9.17, 15) is 14.4 Å². The average molecular weight is 369 g/mol. The molecular weight excluding hydrogens is 346 g/mol. The minimum atomic E-state index is -0.958. The van der Waals surface area contributed by atoms with Gasteiger partial charge in [0.15, 0.2) is 0 Å². The van der Waals surface area contributed by atoms with Crippen LogP contribution in [0.3, 0.4) is 0 Å². The summed E-state index contributed by atoms with van der Waals surface area (Å²) in [5.41, 5.74) is 2.01. The predicted molar refractivity (Wildman–Crippen MR) is 103 cm³/mol. The van der Waals surface area contributed by atoms with Crippen molar-refractivity contribution in [1.29, 1.82) is 0 Å². The first kappa shape index (κ1) is 20.0. The van der Waals surface area contributed by atoms with Crippen LogP contribution in [0.5, 0.6) is 0 Å². The fourth-order valence-corrected chi connectivity index (χ4v) is 2.38. The third kappa shape index (κ3) is 6.14. The Kier molecular flexibility index (Phi) is 6.93. The highest BCUT2D eigenvalue weighted by molar-refractivity contribution is 5.95. The molecule has 142 valence electrons. The molecule has 2 aromatic carbocycles. The van der Waals surface area contributed by atoms with E-state index in [0.717, 1.165) is 5.56 Å². The first-order chi connectivity index (χ1) is 12.9. The third-order valence-corrected chi connectivity index (χ3v) is 4.01. The number of benzene rings is 2. The molecule has 0 fully saturated rings. The third-order valence-electron chi connectivity index (χ3n) is 4.01. The van der Waals surface area contributed by atoms with Gasteiger partial charge in [-0.2, -0.15) is 0 Å². The van der Waals surface area contributed by atoms with Gasteiger partial charge in [0.2, 0.25) is 0 Å². The molecule has 27 heavy (non-hydrogen) atoms. The maximum absolute atomic E-state index is 12.2. The van der Waals surface area contributed by atoms with E-state index in [-0.39, 0.29) is 12.5 Å². The molecular formula is C20H23N3O4. The van der Waals surface area contributed by atoms with Crippen molar-refractivity contribution in [3.8, 4) is 0 Å². The summed E-state index contributed by atoms with van der Waals surface area (Å²) in [5.74, 6) is -1.82. The molecule has 0 bridgehead atoms. The second-order valence-corrected chi connectivity index (χ2v) is 6.30. The van der Waals surface area contributed by atoms with E-state index < -0.39 is 17.9 Å². The molecule has 0 aliphatic carbocycles. The highest BCUT2D eigenvalue weighted by atomic mass is 16.4. The van der Waals surface area contributed by atoms with Crippen LogP contribution in [0.4, 0.5) is 10.5 Å².